The molecule has 78 valence electrons. The van der Waals surface area contributed by atoms with E-state index in [2.05, 4.69) is 5.32 Å². The minimum absolute atomic E-state index is 0.274. The molecule has 1 unspecified atom stereocenters. The van der Waals surface area contributed by atoms with Crippen LogP contribution >= 0.6 is 0 Å². The summed E-state index contributed by atoms with van der Waals surface area (Å²) in [7, 11) is 0. The monoisotopic (exact) mass is 195 g/mol. The summed E-state index contributed by atoms with van der Waals surface area (Å²) in [5.74, 6) is 0. The molecule has 1 aromatic carbocycles. The first kappa shape index (κ1) is 11.2. The molecule has 1 rings (SSSR count). The van der Waals surface area contributed by atoms with Gasteiger partial charge in [0.25, 0.3) is 0 Å². The van der Waals surface area contributed by atoms with Crippen molar-refractivity contribution in [3.05, 3.63) is 35.9 Å². The van der Waals surface area contributed by atoms with Crippen molar-refractivity contribution in [2.45, 2.75) is 12.5 Å². The van der Waals surface area contributed by atoms with Crippen molar-refractivity contribution >= 4 is 0 Å². The molecule has 0 saturated carbocycles. The highest BCUT2D eigenvalue weighted by Crippen LogP contribution is 2.19. The average molecular weight is 195 g/mol. The summed E-state index contributed by atoms with van der Waals surface area (Å²) >= 11 is 0. The fraction of sp³-hybridized carbons (Fsp3) is 0.455. The topological polar surface area (TPSA) is 52.5 Å². The SMILES string of the molecule is CCNCC(O)(CO)c1ccccc1. The molecule has 0 heterocycles. The number of aliphatic hydroxyl groups is 2. The van der Waals surface area contributed by atoms with Gasteiger partial charge in [0, 0.05) is 6.54 Å². The summed E-state index contributed by atoms with van der Waals surface area (Å²) in [5, 5.41) is 22.3. The molecule has 1 atom stereocenters. The number of aliphatic hydroxyl groups excluding tert-OH is 1. The lowest BCUT2D eigenvalue weighted by molar-refractivity contribution is -0.0175. The molecule has 0 aliphatic rings. The van der Waals surface area contributed by atoms with Gasteiger partial charge in [-0.2, -0.15) is 0 Å². The van der Waals surface area contributed by atoms with Crippen LogP contribution in [-0.2, 0) is 5.60 Å². The average Bonchev–Trinajstić information content (AvgIpc) is 2.27. The normalized spacial score (nSPS) is 15.1. The summed E-state index contributed by atoms with van der Waals surface area (Å²) in [6.45, 7) is 2.83. The van der Waals surface area contributed by atoms with Gasteiger partial charge < -0.3 is 15.5 Å². The van der Waals surface area contributed by atoms with E-state index in [0.717, 1.165) is 12.1 Å². The van der Waals surface area contributed by atoms with Crippen molar-refractivity contribution in [1.82, 2.24) is 5.32 Å². The van der Waals surface area contributed by atoms with E-state index >= 15 is 0 Å². The summed E-state index contributed by atoms with van der Waals surface area (Å²) in [5.41, 5.74) is -0.430. The Bertz CT molecular complexity index is 263. The molecule has 0 spiro atoms. The van der Waals surface area contributed by atoms with Gasteiger partial charge in [0.2, 0.25) is 0 Å². The summed E-state index contributed by atoms with van der Waals surface area (Å²) in [4.78, 5) is 0. The summed E-state index contributed by atoms with van der Waals surface area (Å²) in [6, 6.07) is 9.21. The molecule has 0 bridgehead atoms. The molecular formula is C11H17NO2. The van der Waals surface area contributed by atoms with Gasteiger partial charge in [0.15, 0.2) is 0 Å². The zero-order chi connectivity index (χ0) is 10.4. The summed E-state index contributed by atoms with van der Waals surface area (Å²) < 4.78 is 0. The van der Waals surface area contributed by atoms with Gasteiger partial charge in [-0.15, -0.1) is 0 Å². The van der Waals surface area contributed by atoms with Crippen molar-refractivity contribution in [1.29, 1.82) is 0 Å². The van der Waals surface area contributed by atoms with Gasteiger partial charge in [-0.1, -0.05) is 37.3 Å². The van der Waals surface area contributed by atoms with Crippen LogP contribution in [0.2, 0.25) is 0 Å². The van der Waals surface area contributed by atoms with Crippen molar-refractivity contribution in [3.8, 4) is 0 Å². The standard InChI is InChI=1S/C11H17NO2/c1-2-12-8-11(14,9-13)10-6-4-3-5-7-10/h3-7,12-14H,2,8-9H2,1H3. The van der Waals surface area contributed by atoms with Crippen molar-refractivity contribution in [2.75, 3.05) is 19.7 Å². The van der Waals surface area contributed by atoms with Crippen LogP contribution in [0.3, 0.4) is 0 Å². The molecule has 14 heavy (non-hydrogen) atoms. The second kappa shape index (κ2) is 5.10. The van der Waals surface area contributed by atoms with E-state index in [1.54, 1.807) is 0 Å². The lowest BCUT2D eigenvalue weighted by Gasteiger charge is -2.26. The molecule has 1 aromatic rings. The molecule has 0 aliphatic heterocycles. The van der Waals surface area contributed by atoms with Gasteiger partial charge in [0.05, 0.1) is 6.61 Å². The number of likely N-dealkylation sites (N-methyl/N-ethyl adjacent to an activating group) is 1. The van der Waals surface area contributed by atoms with Crippen LogP contribution in [0.1, 0.15) is 12.5 Å². The van der Waals surface area contributed by atoms with Gasteiger partial charge in [-0.05, 0) is 12.1 Å². The Morgan fingerprint density at radius 2 is 1.93 bits per heavy atom. The highest BCUT2D eigenvalue weighted by molar-refractivity contribution is 5.22. The molecule has 0 fully saturated rings. The van der Waals surface area contributed by atoms with E-state index in [0.29, 0.717) is 6.54 Å². The van der Waals surface area contributed by atoms with E-state index in [1.165, 1.54) is 0 Å². The largest absolute Gasteiger partial charge is 0.393 e. The first-order valence-electron chi connectivity index (χ1n) is 4.82. The van der Waals surface area contributed by atoms with Crippen LogP contribution in [0.25, 0.3) is 0 Å². The molecule has 3 heteroatoms. The first-order chi connectivity index (χ1) is 6.73. The zero-order valence-electron chi connectivity index (χ0n) is 8.40. The van der Waals surface area contributed by atoms with Crippen LogP contribution in [-0.4, -0.2) is 29.9 Å². The second-order valence-corrected chi connectivity index (χ2v) is 3.34. The van der Waals surface area contributed by atoms with E-state index in [1.807, 2.05) is 37.3 Å². The second-order valence-electron chi connectivity index (χ2n) is 3.34. The van der Waals surface area contributed by atoms with Crippen molar-refractivity contribution in [2.24, 2.45) is 0 Å². The smallest absolute Gasteiger partial charge is 0.125 e. The highest BCUT2D eigenvalue weighted by Gasteiger charge is 2.27. The predicted octanol–water partition coefficient (Wildman–Crippen LogP) is 0.476. The lowest BCUT2D eigenvalue weighted by Crippen LogP contribution is -2.41. The Morgan fingerprint density at radius 3 is 2.43 bits per heavy atom. The maximum atomic E-state index is 10.1. The third-order valence-electron chi connectivity index (χ3n) is 2.24. The third-order valence-corrected chi connectivity index (χ3v) is 2.24. The van der Waals surface area contributed by atoms with Crippen LogP contribution in [0, 0.1) is 0 Å². The van der Waals surface area contributed by atoms with Gasteiger partial charge >= 0.3 is 0 Å². The fourth-order valence-corrected chi connectivity index (χ4v) is 1.33. The van der Waals surface area contributed by atoms with Crippen LogP contribution in [0.4, 0.5) is 0 Å². The first-order valence-corrected chi connectivity index (χ1v) is 4.82. The predicted molar refractivity (Wildman–Crippen MR) is 56.0 cm³/mol. The Balaban J connectivity index is 2.79. The lowest BCUT2D eigenvalue weighted by atomic mass is 9.95. The third kappa shape index (κ3) is 2.54. The van der Waals surface area contributed by atoms with Crippen molar-refractivity contribution < 1.29 is 10.2 Å². The van der Waals surface area contributed by atoms with Crippen LogP contribution in [0.15, 0.2) is 30.3 Å². The molecule has 0 saturated heterocycles. The minimum atomic E-state index is -1.17. The maximum absolute atomic E-state index is 10.1. The van der Waals surface area contributed by atoms with E-state index in [9.17, 15) is 10.2 Å². The Hall–Kier alpha value is -0.900. The molecular weight excluding hydrogens is 178 g/mol. The Kier molecular flexibility index (Phi) is 4.07. The van der Waals surface area contributed by atoms with Crippen LogP contribution in [0.5, 0.6) is 0 Å². The van der Waals surface area contributed by atoms with E-state index < -0.39 is 5.60 Å². The molecule has 3 N–H and O–H groups in total. The van der Waals surface area contributed by atoms with E-state index in [4.69, 9.17) is 0 Å². The number of hydrogen-bond acceptors (Lipinski definition) is 3. The number of rotatable bonds is 5. The fourth-order valence-electron chi connectivity index (χ4n) is 1.33. The molecule has 0 amide bonds. The minimum Gasteiger partial charge on any atom is -0.393 e. The molecule has 3 nitrogen and oxygen atoms in total. The maximum Gasteiger partial charge on any atom is 0.125 e. The van der Waals surface area contributed by atoms with Crippen LogP contribution < -0.4 is 5.32 Å². The molecule has 0 aromatic heterocycles. The highest BCUT2D eigenvalue weighted by atomic mass is 16.3. The Labute approximate surface area is 84.4 Å². The van der Waals surface area contributed by atoms with Crippen molar-refractivity contribution in [3.63, 3.8) is 0 Å². The van der Waals surface area contributed by atoms with Gasteiger partial charge in [-0.25, -0.2) is 0 Å². The van der Waals surface area contributed by atoms with E-state index in [-0.39, 0.29) is 6.61 Å². The number of benzene rings is 1. The number of nitrogens with one attached hydrogen (secondary N) is 1. The van der Waals surface area contributed by atoms with Gasteiger partial charge in [-0.3, -0.25) is 0 Å². The quantitative estimate of drug-likeness (QED) is 0.640. The molecule has 0 aliphatic carbocycles. The van der Waals surface area contributed by atoms with Gasteiger partial charge in [0.1, 0.15) is 5.60 Å². The zero-order valence-corrected chi connectivity index (χ0v) is 8.40. The number of hydrogen-bond donors (Lipinski definition) is 3. The Morgan fingerprint density at radius 1 is 1.29 bits per heavy atom. The summed E-state index contributed by atoms with van der Waals surface area (Å²) in [6.07, 6.45) is 0. The molecule has 0 radical (unpaired) electrons.